The Morgan fingerprint density at radius 1 is 1.28 bits per heavy atom. The van der Waals surface area contributed by atoms with Crippen molar-refractivity contribution in [3.05, 3.63) is 0 Å². The minimum atomic E-state index is -0.299. The summed E-state index contributed by atoms with van der Waals surface area (Å²) in [5, 5.41) is 2.90. The Labute approximate surface area is 109 Å². The topological polar surface area (TPSA) is 58.6 Å². The molecule has 0 aromatic carbocycles. The van der Waals surface area contributed by atoms with E-state index in [0.29, 0.717) is 12.5 Å². The molecule has 18 heavy (non-hydrogen) atoms. The van der Waals surface area contributed by atoms with Crippen LogP contribution in [0.4, 0.5) is 0 Å². The van der Waals surface area contributed by atoms with Gasteiger partial charge in [-0.15, -0.1) is 0 Å². The molecule has 1 saturated heterocycles. The van der Waals surface area contributed by atoms with Crippen molar-refractivity contribution >= 4 is 11.9 Å². The largest absolute Gasteiger partial charge is 0.466 e. The first-order valence-electron chi connectivity index (χ1n) is 6.72. The number of hydrogen-bond acceptors (Lipinski definition) is 4. The Bertz CT molecular complexity index is 273. The molecule has 0 aromatic heterocycles. The lowest BCUT2D eigenvalue weighted by atomic mass is 9.97. The highest BCUT2D eigenvalue weighted by Crippen LogP contribution is 2.14. The lowest BCUT2D eigenvalue weighted by molar-refractivity contribution is -0.144. The summed E-state index contributed by atoms with van der Waals surface area (Å²) in [5.41, 5.74) is 0. The average molecular weight is 256 g/mol. The molecule has 5 nitrogen and oxygen atoms in total. The van der Waals surface area contributed by atoms with Crippen LogP contribution in [0.3, 0.4) is 0 Å². The van der Waals surface area contributed by atoms with Crippen LogP contribution in [0.5, 0.6) is 0 Å². The zero-order valence-corrected chi connectivity index (χ0v) is 11.4. The summed E-state index contributed by atoms with van der Waals surface area (Å²) in [7, 11) is 2.12. The van der Waals surface area contributed by atoms with Crippen molar-refractivity contribution in [3.8, 4) is 0 Å². The number of piperidine rings is 1. The maximum Gasteiger partial charge on any atom is 0.306 e. The van der Waals surface area contributed by atoms with Gasteiger partial charge in [0, 0.05) is 13.0 Å². The van der Waals surface area contributed by atoms with Gasteiger partial charge in [0.15, 0.2) is 0 Å². The fourth-order valence-electron chi connectivity index (χ4n) is 2.06. The van der Waals surface area contributed by atoms with E-state index in [4.69, 9.17) is 4.74 Å². The first-order chi connectivity index (χ1) is 8.61. The number of ether oxygens (including phenoxy) is 1. The number of nitrogens with zero attached hydrogens (tertiary/aromatic N) is 1. The number of esters is 1. The van der Waals surface area contributed by atoms with Crippen molar-refractivity contribution < 1.29 is 14.3 Å². The van der Waals surface area contributed by atoms with Gasteiger partial charge in [-0.25, -0.2) is 0 Å². The molecule has 104 valence electrons. The summed E-state index contributed by atoms with van der Waals surface area (Å²) < 4.78 is 4.77. The second-order valence-corrected chi connectivity index (χ2v) is 4.86. The van der Waals surface area contributed by atoms with Crippen LogP contribution in [0.2, 0.25) is 0 Å². The fraction of sp³-hybridized carbons (Fsp3) is 0.846. The van der Waals surface area contributed by atoms with Gasteiger partial charge in [0.05, 0.1) is 13.0 Å². The molecule has 0 saturated carbocycles. The van der Waals surface area contributed by atoms with E-state index < -0.39 is 0 Å². The maximum absolute atomic E-state index is 11.5. The van der Waals surface area contributed by atoms with Crippen molar-refractivity contribution in [3.63, 3.8) is 0 Å². The highest BCUT2D eigenvalue weighted by molar-refractivity contribution is 5.81. The van der Waals surface area contributed by atoms with Crippen LogP contribution in [0, 0.1) is 5.92 Å². The normalized spacial score (nSPS) is 17.4. The van der Waals surface area contributed by atoms with Crippen molar-refractivity contribution in [2.24, 2.45) is 5.92 Å². The van der Waals surface area contributed by atoms with E-state index >= 15 is 0 Å². The van der Waals surface area contributed by atoms with Crippen LogP contribution < -0.4 is 5.32 Å². The first kappa shape index (κ1) is 15.0. The first-order valence-corrected chi connectivity index (χ1v) is 6.72. The van der Waals surface area contributed by atoms with Crippen LogP contribution in [0.25, 0.3) is 0 Å². The molecule has 0 aliphatic carbocycles. The van der Waals surface area contributed by atoms with Gasteiger partial charge in [0.25, 0.3) is 0 Å². The lowest BCUT2D eigenvalue weighted by Gasteiger charge is -2.28. The molecule has 5 heteroatoms. The Morgan fingerprint density at radius 2 is 1.94 bits per heavy atom. The van der Waals surface area contributed by atoms with Crippen molar-refractivity contribution in [1.82, 2.24) is 10.2 Å². The van der Waals surface area contributed by atoms with Gasteiger partial charge in [-0.05, 0) is 45.8 Å². The monoisotopic (exact) mass is 256 g/mol. The molecule has 0 bridgehead atoms. The molecule has 0 aromatic rings. The predicted octanol–water partition coefficient (Wildman–Crippen LogP) is 0.788. The SMILES string of the molecule is CCOC(=O)CCC(=O)NCC1CCN(C)CC1. The van der Waals surface area contributed by atoms with E-state index in [1.54, 1.807) is 6.92 Å². The summed E-state index contributed by atoms with van der Waals surface area (Å²) in [6, 6.07) is 0. The number of carbonyl (C=O) groups excluding carboxylic acids is 2. The standard InChI is InChI=1S/C13H24N2O3/c1-3-18-13(17)5-4-12(16)14-10-11-6-8-15(2)9-7-11/h11H,3-10H2,1-2H3,(H,14,16). The molecule has 0 atom stereocenters. The Morgan fingerprint density at radius 3 is 2.56 bits per heavy atom. The van der Waals surface area contributed by atoms with Crippen LogP contribution in [0.15, 0.2) is 0 Å². The third-order valence-corrected chi connectivity index (χ3v) is 3.29. The number of likely N-dealkylation sites (tertiary alicyclic amines) is 1. The highest BCUT2D eigenvalue weighted by Gasteiger charge is 2.17. The lowest BCUT2D eigenvalue weighted by Crippen LogP contribution is -2.36. The molecule has 0 unspecified atom stereocenters. The average Bonchev–Trinajstić information content (AvgIpc) is 2.36. The molecule has 1 amide bonds. The van der Waals surface area contributed by atoms with E-state index in [1.807, 2.05) is 0 Å². The second-order valence-electron chi connectivity index (χ2n) is 4.86. The van der Waals surface area contributed by atoms with Gasteiger partial charge >= 0.3 is 5.97 Å². The van der Waals surface area contributed by atoms with Gasteiger partial charge in [-0.2, -0.15) is 0 Å². The summed E-state index contributed by atoms with van der Waals surface area (Å²) in [6.07, 6.45) is 2.67. The summed E-state index contributed by atoms with van der Waals surface area (Å²) in [5.74, 6) is 0.224. The van der Waals surface area contributed by atoms with Gasteiger partial charge in [-0.3, -0.25) is 9.59 Å². The molecule has 0 spiro atoms. The van der Waals surface area contributed by atoms with Gasteiger partial charge in [-0.1, -0.05) is 0 Å². The highest BCUT2D eigenvalue weighted by atomic mass is 16.5. The van der Waals surface area contributed by atoms with Gasteiger partial charge in [0.1, 0.15) is 0 Å². The molecule has 1 rings (SSSR count). The maximum atomic E-state index is 11.5. The predicted molar refractivity (Wildman–Crippen MR) is 69.1 cm³/mol. The second kappa shape index (κ2) is 8.08. The third-order valence-electron chi connectivity index (χ3n) is 3.29. The zero-order valence-electron chi connectivity index (χ0n) is 11.4. The Balaban J connectivity index is 2.08. The van der Waals surface area contributed by atoms with Crippen LogP contribution in [-0.2, 0) is 14.3 Å². The summed E-state index contributed by atoms with van der Waals surface area (Å²) in [4.78, 5) is 24.9. The van der Waals surface area contributed by atoms with Gasteiger partial charge in [0.2, 0.25) is 5.91 Å². The van der Waals surface area contributed by atoms with Crippen LogP contribution in [0.1, 0.15) is 32.6 Å². The van der Waals surface area contributed by atoms with Gasteiger partial charge < -0.3 is 15.0 Å². The van der Waals surface area contributed by atoms with E-state index in [0.717, 1.165) is 32.5 Å². The Kier molecular flexibility index (Phi) is 6.72. The molecular formula is C13H24N2O3. The van der Waals surface area contributed by atoms with Crippen molar-refractivity contribution in [2.75, 3.05) is 33.3 Å². The van der Waals surface area contributed by atoms with Crippen LogP contribution in [-0.4, -0.2) is 50.1 Å². The molecular weight excluding hydrogens is 232 g/mol. The van der Waals surface area contributed by atoms with Crippen molar-refractivity contribution in [1.29, 1.82) is 0 Å². The molecule has 1 aliphatic rings. The number of amides is 1. The Hall–Kier alpha value is -1.10. The molecule has 0 radical (unpaired) electrons. The van der Waals surface area contributed by atoms with E-state index in [2.05, 4.69) is 17.3 Å². The molecule has 1 fully saturated rings. The smallest absolute Gasteiger partial charge is 0.306 e. The number of hydrogen-bond donors (Lipinski definition) is 1. The zero-order chi connectivity index (χ0) is 13.4. The van der Waals surface area contributed by atoms with Crippen LogP contribution >= 0.6 is 0 Å². The summed E-state index contributed by atoms with van der Waals surface area (Å²) in [6.45, 7) is 5.07. The number of rotatable bonds is 6. The van der Waals surface area contributed by atoms with Crippen molar-refractivity contribution in [2.45, 2.75) is 32.6 Å². The minimum absolute atomic E-state index is 0.0537. The fourth-order valence-corrected chi connectivity index (χ4v) is 2.06. The van der Waals surface area contributed by atoms with E-state index in [-0.39, 0.29) is 24.7 Å². The van der Waals surface area contributed by atoms with E-state index in [1.165, 1.54) is 0 Å². The third kappa shape index (κ3) is 6.00. The molecule has 1 N–H and O–H groups in total. The molecule has 1 aliphatic heterocycles. The quantitative estimate of drug-likeness (QED) is 0.714. The summed E-state index contributed by atoms with van der Waals surface area (Å²) >= 11 is 0. The molecule has 1 heterocycles. The minimum Gasteiger partial charge on any atom is -0.466 e. The number of carbonyl (C=O) groups is 2. The number of nitrogens with one attached hydrogen (secondary N) is 1. The van der Waals surface area contributed by atoms with E-state index in [9.17, 15) is 9.59 Å².